The van der Waals surface area contributed by atoms with Gasteiger partial charge in [-0.15, -0.1) is 0 Å². The quantitative estimate of drug-likeness (QED) is 0.936. The van der Waals surface area contributed by atoms with E-state index in [1.165, 1.54) is 24.0 Å². The molecule has 0 fully saturated rings. The van der Waals surface area contributed by atoms with Crippen molar-refractivity contribution in [2.24, 2.45) is 0 Å². The van der Waals surface area contributed by atoms with Crippen LogP contribution in [0.5, 0.6) is 0 Å². The van der Waals surface area contributed by atoms with E-state index in [2.05, 4.69) is 36.5 Å². The van der Waals surface area contributed by atoms with E-state index in [9.17, 15) is 0 Å². The molecular formula is C17H23N3O. The molecule has 1 aromatic carbocycles. The fourth-order valence-corrected chi connectivity index (χ4v) is 2.89. The molecule has 1 aliphatic heterocycles. The Bertz CT molecular complexity index is 601. The van der Waals surface area contributed by atoms with Crippen LogP contribution in [0.3, 0.4) is 0 Å². The Morgan fingerprint density at radius 3 is 2.76 bits per heavy atom. The molecule has 1 aliphatic rings. The molecule has 1 aromatic heterocycles. The van der Waals surface area contributed by atoms with E-state index >= 15 is 0 Å². The van der Waals surface area contributed by atoms with Gasteiger partial charge in [0.2, 0.25) is 0 Å². The van der Waals surface area contributed by atoms with Crippen LogP contribution in [0.2, 0.25) is 0 Å². The first-order valence-electron chi connectivity index (χ1n) is 7.76. The molecule has 4 heteroatoms. The van der Waals surface area contributed by atoms with Gasteiger partial charge in [-0.2, -0.15) is 5.10 Å². The van der Waals surface area contributed by atoms with Crippen molar-refractivity contribution in [3.05, 3.63) is 41.1 Å². The number of nitrogens with one attached hydrogen (secondary N) is 1. The second kappa shape index (κ2) is 6.31. The number of fused-ring (bicyclic) bond motifs is 1. The number of nitrogens with zero attached hydrogens (tertiary/aromatic N) is 2. The lowest BCUT2D eigenvalue weighted by atomic mass is 10.1. The van der Waals surface area contributed by atoms with Crippen molar-refractivity contribution in [3.8, 4) is 5.69 Å². The summed E-state index contributed by atoms with van der Waals surface area (Å²) < 4.78 is 7.35. The zero-order valence-corrected chi connectivity index (χ0v) is 12.9. The molecule has 0 unspecified atom stereocenters. The minimum absolute atomic E-state index is 0.573. The van der Waals surface area contributed by atoms with Crippen LogP contribution in [0.1, 0.15) is 36.6 Å². The summed E-state index contributed by atoms with van der Waals surface area (Å²) in [7, 11) is 1.73. The minimum Gasteiger partial charge on any atom is -0.378 e. The van der Waals surface area contributed by atoms with Crippen LogP contribution in [-0.4, -0.2) is 23.4 Å². The molecule has 2 aromatic rings. The fourth-order valence-electron chi connectivity index (χ4n) is 2.89. The number of aryl methyl sites for hydroxylation is 1. The van der Waals surface area contributed by atoms with Gasteiger partial charge in [-0.25, -0.2) is 4.68 Å². The predicted octanol–water partition coefficient (Wildman–Crippen LogP) is 3.33. The number of ether oxygens (including phenoxy) is 1. The maximum Gasteiger partial charge on any atom is 0.133 e. The van der Waals surface area contributed by atoms with Crippen LogP contribution in [0.25, 0.3) is 5.69 Å². The number of rotatable bonds is 4. The molecule has 0 spiro atoms. The highest BCUT2D eigenvalue weighted by Crippen LogP contribution is 2.28. The molecule has 21 heavy (non-hydrogen) atoms. The molecule has 0 bridgehead atoms. The Morgan fingerprint density at radius 2 is 2.05 bits per heavy atom. The summed E-state index contributed by atoms with van der Waals surface area (Å²) in [6.07, 6.45) is 4.55. The Hall–Kier alpha value is -1.81. The number of hydrogen-bond donors (Lipinski definition) is 1. The summed E-state index contributed by atoms with van der Waals surface area (Å²) in [6.45, 7) is 3.76. The normalized spacial score (nSPS) is 14.4. The van der Waals surface area contributed by atoms with Crippen LogP contribution in [0, 0.1) is 0 Å². The van der Waals surface area contributed by atoms with Crippen molar-refractivity contribution in [1.82, 2.24) is 9.78 Å². The van der Waals surface area contributed by atoms with E-state index in [-0.39, 0.29) is 0 Å². The molecular weight excluding hydrogens is 262 g/mol. The third-order valence-electron chi connectivity index (χ3n) is 4.08. The summed E-state index contributed by atoms with van der Waals surface area (Å²) >= 11 is 0. The van der Waals surface area contributed by atoms with Gasteiger partial charge in [-0.1, -0.05) is 19.1 Å². The van der Waals surface area contributed by atoms with Gasteiger partial charge in [0.25, 0.3) is 0 Å². The molecule has 0 radical (unpaired) electrons. The maximum atomic E-state index is 5.32. The smallest absolute Gasteiger partial charge is 0.133 e. The van der Waals surface area contributed by atoms with Crippen molar-refractivity contribution in [2.45, 2.75) is 39.2 Å². The van der Waals surface area contributed by atoms with Crippen LogP contribution in [0.15, 0.2) is 24.3 Å². The Morgan fingerprint density at radius 1 is 1.24 bits per heavy atom. The lowest BCUT2D eigenvalue weighted by Gasteiger charge is -2.09. The van der Waals surface area contributed by atoms with Crippen LogP contribution < -0.4 is 5.32 Å². The van der Waals surface area contributed by atoms with Crippen molar-refractivity contribution in [3.63, 3.8) is 0 Å². The molecule has 2 heterocycles. The van der Waals surface area contributed by atoms with Gasteiger partial charge >= 0.3 is 0 Å². The summed E-state index contributed by atoms with van der Waals surface area (Å²) in [5.74, 6) is 1.14. The Labute approximate surface area is 126 Å². The van der Waals surface area contributed by atoms with Gasteiger partial charge in [0, 0.05) is 19.2 Å². The number of aromatic nitrogens is 2. The van der Waals surface area contributed by atoms with E-state index < -0.39 is 0 Å². The molecule has 4 nitrogen and oxygen atoms in total. The molecule has 0 aliphatic carbocycles. The van der Waals surface area contributed by atoms with Gasteiger partial charge in [-0.05, 0) is 43.4 Å². The highest BCUT2D eigenvalue weighted by Gasteiger charge is 2.20. The van der Waals surface area contributed by atoms with E-state index in [0.29, 0.717) is 6.61 Å². The van der Waals surface area contributed by atoms with Gasteiger partial charge in [0.15, 0.2) is 0 Å². The van der Waals surface area contributed by atoms with Crippen molar-refractivity contribution in [1.29, 1.82) is 0 Å². The SMILES string of the molecule is CCc1ccc(-n2nc(COC)c3c2NCCCC3)cc1. The molecule has 1 N–H and O–H groups in total. The predicted molar refractivity (Wildman–Crippen MR) is 85.1 cm³/mol. The summed E-state index contributed by atoms with van der Waals surface area (Å²) in [5, 5.41) is 8.32. The van der Waals surface area contributed by atoms with E-state index in [1.807, 2.05) is 4.68 Å². The Kier molecular flexibility index (Phi) is 4.25. The number of anilines is 1. The van der Waals surface area contributed by atoms with E-state index in [1.54, 1.807) is 7.11 Å². The van der Waals surface area contributed by atoms with E-state index in [4.69, 9.17) is 9.84 Å². The summed E-state index contributed by atoms with van der Waals surface area (Å²) in [5.41, 5.74) is 4.83. The molecule has 112 valence electrons. The topological polar surface area (TPSA) is 39.1 Å². The zero-order valence-electron chi connectivity index (χ0n) is 12.9. The largest absolute Gasteiger partial charge is 0.378 e. The first kappa shape index (κ1) is 14.1. The number of hydrogen-bond acceptors (Lipinski definition) is 3. The molecule has 0 amide bonds. The zero-order chi connectivity index (χ0) is 14.7. The molecule has 0 saturated carbocycles. The first-order chi connectivity index (χ1) is 10.3. The third-order valence-corrected chi connectivity index (χ3v) is 4.08. The highest BCUT2D eigenvalue weighted by molar-refractivity contribution is 5.54. The first-order valence-corrected chi connectivity index (χ1v) is 7.76. The van der Waals surface area contributed by atoms with E-state index in [0.717, 1.165) is 36.6 Å². The van der Waals surface area contributed by atoms with Gasteiger partial charge in [0.1, 0.15) is 5.82 Å². The second-order valence-corrected chi connectivity index (χ2v) is 5.52. The van der Waals surface area contributed by atoms with Crippen molar-refractivity contribution >= 4 is 5.82 Å². The Balaban J connectivity index is 2.04. The van der Waals surface area contributed by atoms with Gasteiger partial charge in [-0.3, -0.25) is 0 Å². The fraction of sp³-hybridized carbons (Fsp3) is 0.471. The molecule has 0 atom stereocenters. The number of benzene rings is 1. The minimum atomic E-state index is 0.573. The summed E-state index contributed by atoms with van der Waals surface area (Å²) in [6, 6.07) is 8.65. The monoisotopic (exact) mass is 285 g/mol. The lowest BCUT2D eigenvalue weighted by Crippen LogP contribution is -2.07. The maximum absolute atomic E-state index is 5.32. The lowest BCUT2D eigenvalue weighted by molar-refractivity contribution is 0.180. The van der Waals surface area contributed by atoms with Crippen LogP contribution in [0.4, 0.5) is 5.82 Å². The highest BCUT2D eigenvalue weighted by atomic mass is 16.5. The van der Waals surface area contributed by atoms with Gasteiger partial charge in [0.05, 0.1) is 18.0 Å². The molecule has 0 saturated heterocycles. The second-order valence-electron chi connectivity index (χ2n) is 5.52. The van der Waals surface area contributed by atoms with Crippen LogP contribution >= 0.6 is 0 Å². The standard InChI is InChI=1S/C17H23N3O/c1-3-13-7-9-14(10-8-13)20-17-15(6-4-5-11-18-17)16(19-20)12-21-2/h7-10,18H,3-6,11-12H2,1-2H3. The average Bonchev–Trinajstić information content (AvgIpc) is 2.71. The third kappa shape index (κ3) is 2.81. The molecule has 3 rings (SSSR count). The van der Waals surface area contributed by atoms with Crippen LogP contribution in [-0.2, 0) is 24.2 Å². The van der Waals surface area contributed by atoms with Crippen molar-refractivity contribution < 1.29 is 4.74 Å². The summed E-state index contributed by atoms with van der Waals surface area (Å²) in [4.78, 5) is 0. The number of methoxy groups -OCH3 is 1. The van der Waals surface area contributed by atoms with Crippen molar-refractivity contribution in [2.75, 3.05) is 19.0 Å². The van der Waals surface area contributed by atoms with Gasteiger partial charge < -0.3 is 10.1 Å². The average molecular weight is 285 g/mol.